The Kier molecular flexibility index (Phi) is 6.10. The molecule has 4 aliphatic rings. The van der Waals surface area contributed by atoms with Gasteiger partial charge in [0.2, 0.25) is 5.91 Å². The summed E-state index contributed by atoms with van der Waals surface area (Å²) in [6.45, 7) is 2.72. The van der Waals surface area contributed by atoms with Crippen LogP contribution in [0, 0.1) is 11.8 Å². The van der Waals surface area contributed by atoms with Crippen LogP contribution in [0.25, 0.3) is 0 Å². The average molecular weight is 389 g/mol. The first-order valence-electron chi connectivity index (χ1n) is 11.5. The van der Waals surface area contributed by atoms with Crippen molar-refractivity contribution >= 4 is 11.8 Å². The van der Waals surface area contributed by atoms with Gasteiger partial charge in [0, 0.05) is 24.2 Å². The van der Waals surface area contributed by atoms with Crippen LogP contribution in [0.15, 0.2) is 11.1 Å². The molecule has 4 atom stereocenters. The van der Waals surface area contributed by atoms with Gasteiger partial charge in [-0.25, -0.2) is 0 Å². The molecule has 2 bridgehead atoms. The molecule has 2 amide bonds. The number of carbonyl (C=O) groups is 2. The molecule has 4 rings (SSSR count). The average Bonchev–Trinajstić information content (AvgIpc) is 3.40. The highest BCUT2D eigenvalue weighted by molar-refractivity contribution is 5.94. The fraction of sp³-hybridized carbons (Fsp3) is 0.826. The number of aliphatic hydroxyl groups excluding tert-OH is 1. The largest absolute Gasteiger partial charge is 0.383 e. The lowest BCUT2D eigenvalue weighted by atomic mass is 9.85. The fourth-order valence-electron chi connectivity index (χ4n) is 6.22. The SMILES string of the molecule is CC1=C(C(=O)NC[C@@H]2C[C@H]3CC[C@@H]2N3C(=O)[C@@H](O)CC2CCCCC2)CCC1. The molecule has 2 heterocycles. The summed E-state index contributed by atoms with van der Waals surface area (Å²) in [5, 5.41) is 13.7. The summed E-state index contributed by atoms with van der Waals surface area (Å²) in [7, 11) is 0. The molecule has 0 spiro atoms. The maximum absolute atomic E-state index is 13.0. The van der Waals surface area contributed by atoms with Crippen LogP contribution in [0.2, 0.25) is 0 Å². The van der Waals surface area contributed by atoms with Crippen LogP contribution in [0.5, 0.6) is 0 Å². The first-order chi connectivity index (χ1) is 13.5. The number of aliphatic hydroxyl groups is 1. The van der Waals surface area contributed by atoms with E-state index in [1.807, 2.05) is 4.90 Å². The van der Waals surface area contributed by atoms with Gasteiger partial charge >= 0.3 is 0 Å². The van der Waals surface area contributed by atoms with E-state index in [-0.39, 0.29) is 23.9 Å². The van der Waals surface area contributed by atoms with Crippen LogP contribution in [0.4, 0.5) is 0 Å². The van der Waals surface area contributed by atoms with Crippen molar-refractivity contribution in [3.63, 3.8) is 0 Å². The molecule has 156 valence electrons. The fourth-order valence-corrected chi connectivity index (χ4v) is 6.22. The van der Waals surface area contributed by atoms with Gasteiger partial charge in [-0.3, -0.25) is 9.59 Å². The van der Waals surface area contributed by atoms with E-state index in [2.05, 4.69) is 12.2 Å². The second-order valence-corrected chi connectivity index (χ2v) is 9.62. The Labute approximate surface area is 168 Å². The number of rotatable bonds is 6. The molecule has 0 aromatic carbocycles. The Morgan fingerprint density at radius 3 is 2.61 bits per heavy atom. The molecule has 0 aromatic rings. The standard InChI is InChI=1S/C23H36N2O3/c1-15-6-5-9-19(15)22(27)24-14-17-13-18-10-11-20(17)25(18)23(28)21(26)12-16-7-3-2-4-8-16/h16-18,20-21,26H,2-14H2,1H3,(H,24,27)/t17-,18+,20-,21-/m0/s1. The Hall–Kier alpha value is -1.36. The van der Waals surface area contributed by atoms with Crippen molar-refractivity contribution in [2.75, 3.05) is 6.54 Å². The number of carbonyl (C=O) groups excluding carboxylic acids is 2. The number of hydrogen-bond acceptors (Lipinski definition) is 3. The lowest BCUT2D eigenvalue weighted by Gasteiger charge is -2.29. The Morgan fingerprint density at radius 1 is 1.11 bits per heavy atom. The minimum Gasteiger partial charge on any atom is -0.383 e. The van der Waals surface area contributed by atoms with E-state index in [0.29, 0.717) is 24.8 Å². The van der Waals surface area contributed by atoms with Crippen molar-refractivity contribution < 1.29 is 14.7 Å². The molecule has 0 aromatic heterocycles. The van der Waals surface area contributed by atoms with E-state index < -0.39 is 6.10 Å². The Morgan fingerprint density at radius 2 is 1.89 bits per heavy atom. The smallest absolute Gasteiger partial charge is 0.251 e. The van der Waals surface area contributed by atoms with Crippen LogP contribution in [0.1, 0.15) is 84.0 Å². The Balaban J connectivity index is 1.31. The summed E-state index contributed by atoms with van der Waals surface area (Å²) in [5.41, 5.74) is 2.20. The van der Waals surface area contributed by atoms with Crippen molar-refractivity contribution in [1.82, 2.24) is 10.2 Å². The van der Waals surface area contributed by atoms with Crippen LogP contribution >= 0.6 is 0 Å². The van der Waals surface area contributed by atoms with E-state index >= 15 is 0 Å². The van der Waals surface area contributed by atoms with Gasteiger partial charge in [0.05, 0.1) is 0 Å². The second kappa shape index (κ2) is 8.56. The topological polar surface area (TPSA) is 69.6 Å². The zero-order chi connectivity index (χ0) is 19.7. The van der Waals surface area contributed by atoms with Crippen molar-refractivity contribution in [3.05, 3.63) is 11.1 Å². The molecule has 3 fully saturated rings. The van der Waals surface area contributed by atoms with Gasteiger partial charge in [0.15, 0.2) is 0 Å². The van der Waals surface area contributed by atoms with E-state index in [9.17, 15) is 14.7 Å². The molecule has 5 nitrogen and oxygen atoms in total. The number of fused-ring (bicyclic) bond motifs is 2. The van der Waals surface area contributed by atoms with Gasteiger partial charge in [-0.2, -0.15) is 0 Å². The summed E-state index contributed by atoms with van der Waals surface area (Å²) in [6.07, 6.45) is 11.9. The molecule has 2 saturated heterocycles. The summed E-state index contributed by atoms with van der Waals surface area (Å²) in [6, 6.07) is 0.449. The molecule has 0 unspecified atom stereocenters. The first-order valence-corrected chi connectivity index (χ1v) is 11.5. The van der Waals surface area contributed by atoms with Crippen molar-refractivity contribution in [2.45, 2.75) is 102 Å². The van der Waals surface area contributed by atoms with Crippen molar-refractivity contribution in [3.8, 4) is 0 Å². The number of amides is 2. The Bertz CT molecular complexity index is 638. The van der Waals surface area contributed by atoms with Gasteiger partial charge < -0.3 is 15.3 Å². The van der Waals surface area contributed by atoms with Gasteiger partial charge in [-0.1, -0.05) is 37.7 Å². The van der Waals surface area contributed by atoms with Crippen LogP contribution in [-0.2, 0) is 9.59 Å². The molecule has 2 N–H and O–H groups in total. The minimum absolute atomic E-state index is 0.0544. The van der Waals surface area contributed by atoms with Gasteiger partial charge in [-0.05, 0) is 63.7 Å². The predicted octanol–water partition coefficient (Wildman–Crippen LogP) is 3.31. The van der Waals surface area contributed by atoms with Gasteiger partial charge in [0.25, 0.3) is 5.91 Å². The number of allylic oxidation sites excluding steroid dienone is 1. The van der Waals surface area contributed by atoms with Crippen LogP contribution in [0.3, 0.4) is 0 Å². The van der Waals surface area contributed by atoms with Crippen LogP contribution < -0.4 is 5.32 Å². The minimum atomic E-state index is -0.842. The van der Waals surface area contributed by atoms with E-state index in [4.69, 9.17) is 0 Å². The molecule has 2 aliphatic carbocycles. The van der Waals surface area contributed by atoms with E-state index in [1.54, 1.807) is 0 Å². The lowest BCUT2D eigenvalue weighted by Crippen LogP contribution is -2.44. The third-order valence-corrected chi connectivity index (χ3v) is 7.78. The van der Waals surface area contributed by atoms with Crippen molar-refractivity contribution in [2.24, 2.45) is 11.8 Å². The quantitative estimate of drug-likeness (QED) is 0.733. The molecule has 28 heavy (non-hydrogen) atoms. The third-order valence-electron chi connectivity index (χ3n) is 7.78. The van der Waals surface area contributed by atoms with Gasteiger partial charge in [0.1, 0.15) is 6.10 Å². The first kappa shape index (κ1) is 19.9. The number of nitrogens with one attached hydrogen (secondary N) is 1. The van der Waals surface area contributed by atoms with E-state index in [0.717, 1.165) is 56.9 Å². The highest BCUT2D eigenvalue weighted by atomic mass is 16.3. The van der Waals surface area contributed by atoms with E-state index in [1.165, 1.54) is 24.8 Å². The normalized spacial score (nSPS) is 31.5. The summed E-state index contributed by atoms with van der Waals surface area (Å²) < 4.78 is 0. The molecular formula is C23H36N2O3. The zero-order valence-corrected chi connectivity index (χ0v) is 17.3. The van der Waals surface area contributed by atoms with Gasteiger partial charge in [-0.15, -0.1) is 0 Å². The monoisotopic (exact) mass is 388 g/mol. The summed E-state index contributed by atoms with van der Waals surface area (Å²) in [4.78, 5) is 27.5. The van der Waals surface area contributed by atoms with Crippen LogP contribution in [-0.4, -0.2) is 46.6 Å². The zero-order valence-electron chi connectivity index (χ0n) is 17.3. The maximum atomic E-state index is 13.0. The van der Waals surface area contributed by atoms with Crippen molar-refractivity contribution in [1.29, 1.82) is 0 Å². The molecule has 0 radical (unpaired) electrons. The highest BCUT2D eigenvalue weighted by Gasteiger charge is 2.49. The second-order valence-electron chi connectivity index (χ2n) is 9.62. The molecule has 2 aliphatic heterocycles. The molecule has 1 saturated carbocycles. The maximum Gasteiger partial charge on any atom is 0.251 e. The highest BCUT2D eigenvalue weighted by Crippen LogP contribution is 2.42. The molecular weight excluding hydrogens is 352 g/mol. The third kappa shape index (κ3) is 4.00. The predicted molar refractivity (Wildman–Crippen MR) is 109 cm³/mol. The number of nitrogens with zero attached hydrogens (tertiary/aromatic N) is 1. The summed E-state index contributed by atoms with van der Waals surface area (Å²) >= 11 is 0. The summed E-state index contributed by atoms with van der Waals surface area (Å²) in [5.74, 6) is 0.871. The number of hydrogen-bond donors (Lipinski definition) is 2. The molecule has 5 heteroatoms. The lowest BCUT2D eigenvalue weighted by molar-refractivity contribution is -0.142.